The zero-order chi connectivity index (χ0) is 13.2. The first kappa shape index (κ1) is 13.3. The fourth-order valence-corrected chi connectivity index (χ4v) is 2.93. The number of benzene rings is 1. The van der Waals surface area contributed by atoms with Gasteiger partial charge in [-0.05, 0) is 30.4 Å². The van der Waals surface area contributed by atoms with E-state index in [9.17, 15) is 0 Å². The third-order valence-electron chi connectivity index (χ3n) is 4.22. The van der Waals surface area contributed by atoms with E-state index in [1.165, 1.54) is 37.1 Å². The quantitative estimate of drug-likeness (QED) is 0.862. The highest BCUT2D eigenvalue weighted by atomic mass is 15.1. The van der Waals surface area contributed by atoms with Crippen molar-refractivity contribution in [3.63, 3.8) is 0 Å². The van der Waals surface area contributed by atoms with Crippen LogP contribution in [0.1, 0.15) is 39.5 Å². The van der Waals surface area contributed by atoms with E-state index in [1.807, 2.05) is 0 Å². The Morgan fingerprint density at radius 3 is 2.56 bits per heavy atom. The molecule has 0 heterocycles. The highest BCUT2D eigenvalue weighted by Crippen LogP contribution is 2.38. The van der Waals surface area contributed by atoms with Crippen LogP contribution in [-0.4, -0.2) is 20.1 Å². The molecule has 1 unspecified atom stereocenters. The minimum absolute atomic E-state index is 0.400. The molecule has 1 aromatic rings. The van der Waals surface area contributed by atoms with Gasteiger partial charge in [0.1, 0.15) is 0 Å². The van der Waals surface area contributed by atoms with Crippen LogP contribution in [0.2, 0.25) is 0 Å². The molecule has 1 N–H and O–H groups in total. The molecular formula is C16H26N2. The number of nitrogens with zero attached hydrogens (tertiary/aromatic N) is 1. The summed E-state index contributed by atoms with van der Waals surface area (Å²) in [6.45, 7) is 4.78. The molecule has 0 saturated heterocycles. The molecule has 0 radical (unpaired) electrons. The van der Waals surface area contributed by atoms with Gasteiger partial charge in [0.25, 0.3) is 0 Å². The van der Waals surface area contributed by atoms with E-state index in [4.69, 9.17) is 0 Å². The Hall–Kier alpha value is -1.18. The van der Waals surface area contributed by atoms with Crippen molar-refractivity contribution in [1.29, 1.82) is 0 Å². The van der Waals surface area contributed by atoms with Crippen molar-refractivity contribution in [2.75, 3.05) is 24.3 Å². The van der Waals surface area contributed by atoms with Gasteiger partial charge >= 0.3 is 0 Å². The van der Waals surface area contributed by atoms with Gasteiger partial charge in [-0.15, -0.1) is 0 Å². The second kappa shape index (κ2) is 5.21. The maximum atomic E-state index is 3.78. The van der Waals surface area contributed by atoms with Gasteiger partial charge in [-0.1, -0.05) is 38.8 Å². The van der Waals surface area contributed by atoms with Gasteiger partial charge in [-0.3, -0.25) is 0 Å². The number of para-hydroxylation sites is 2. The number of hydrogen-bond donors (Lipinski definition) is 1. The number of rotatable bonds is 3. The summed E-state index contributed by atoms with van der Waals surface area (Å²) in [5.74, 6) is 0. The average Bonchev–Trinajstić information content (AvgIpc) is 2.32. The van der Waals surface area contributed by atoms with Crippen molar-refractivity contribution in [3.8, 4) is 0 Å². The van der Waals surface area contributed by atoms with Gasteiger partial charge < -0.3 is 10.2 Å². The summed E-state index contributed by atoms with van der Waals surface area (Å²) in [6.07, 6.45) is 5.34. The minimum atomic E-state index is 0.400. The molecule has 1 aliphatic carbocycles. The molecule has 1 aromatic carbocycles. The molecule has 2 nitrogen and oxygen atoms in total. The third kappa shape index (κ3) is 2.80. The third-order valence-corrected chi connectivity index (χ3v) is 4.22. The second-order valence-corrected chi connectivity index (χ2v) is 6.34. The molecule has 2 rings (SSSR count). The highest BCUT2D eigenvalue weighted by Gasteiger charge is 2.32. The van der Waals surface area contributed by atoms with Crippen molar-refractivity contribution in [1.82, 2.24) is 0 Å². The standard InChI is InChI=1S/C16H26N2/c1-16(2)12-8-7-11-15(16)17-13-9-5-6-10-14(13)18(3)4/h5-6,9-10,15,17H,7-8,11-12H2,1-4H3. The van der Waals surface area contributed by atoms with E-state index in [0.29, 0.717) is 11.5 Å². The van der Waals surface area contributed by atoms with Crippen LogP contribution >= 0.6 is 0 Å². The summed E-state index contributed by atoms with van der Waals surface area (Å²) in [4.78, 5) is 2.18. The van der Waals surface area contributed by atoms with Crippen LogP contribution < -0.4 is 10.2 Å². The molecule has 18 heavy (non-hydrogen) atoms. The van der Waals surface area contributed by atoms with Crippen molar-refractivity contribution in [3.05, 3.63) is 24.3 Å². The van der Waals surface area contributed by atoms with E-state index in [2.05, 4.69) is 62.4 Å². The zero-order valence-electron chi connectivity index (χ0n) is 12.2. The summed E-state index contributed by atoms with van der Waals surface area (Å²) >= 11 is 0. The lowest BCUT2D eigenvalue weighted by Gasteiger charge is -2.40. The topological polar surface area (TPSA) is 15.3 Å². The first-order chi connectivity index (χ1) is 8.50. The SMILES string of the molecule is CN(C)c1ccccc1NC1CCCCC1(C)C. The molecule has 0 amide bonds. The fourth-order valence-electron chi connectivity index (χ4n) is 2.93. The van der Waals surface area contributed by atoms with Crippen LogP contribution in [0.15, 0.2) is 24.3 Å². The smallest absolute Gasteiger partial charge is 0.0596 e. The molecule has 2 heteroatoms. The second-order valence-electron chi connectivity index (χ2n) is 6.34. The van der Waals surface area contributed by atoms with Crippen LogP contribution in [0.3, 0.4) is 0 Å². The van der Waals surface area contributed by atoms with Gasteiger partial charge in [0, 0.05) is 20.1 Å². The fraction of sp³-hybridized carbons (Fsp3) is 0.625. The Labute approximate surface area is 111 Å². The largest absolute Gasteiger partial charge is 0.380 e. The Bertz CT molecular complexity index is 396. The lowest BCUT2D eigenvalue weighted by Crippen LogP contribution is -2.39. The maximum absolute atomic E-state index is 3.78. The van der Waals surface area contributed by atoms with Gasteiger partial charge in [0.15, 0.2) is 0 Å². The Kier molecular flexibility index (Phi) is 3.84. The summed E-state index contributed by atoms with van der Waals surface area (Å²) in [6, 6.07) is 9.18. The molecule has 100 valence electrons. The molecule has 1 saturated carbocycles. The van der Waals surface area contributed by atoms with Crippen molar-refractivity contribution < 1.29 is 0 Å². The Morgan fingerprint density at radius 2 is 1.89 bits per heavy atom. The van der Waals surface area contributed by atoms with Gasteiger partial charge in [0.05, 0.1) is 11.4 Å². The van der Waals surface area contributed by atoms with Crippen LogP contribution in [0.5, 0.6) is 0 Å². The number of anilines is 2. The summed E-state index contributed by atoms with van der Waals surface area (Å²) in [5, 5.41) is 3.78. The van der Waals surface area contributed by atoms with Gasteiger partial charge in [-0.2, -0.15) is 0 Å². The first-order valence-corrected chi connectivity index (χ1v) is 7.03. The van der Waals surface area contributed by atoms with Crippen molar-refractivity contribution in [2.45, 2.75) is 45.6 Å². The van der Waals surface area contributed by atoms with Crippen molar-refractivity contribution in [2.24, 2.45) is 5.41 Å². The molecule has 0 spiro atoms. The van der Waals surface area contributed by atoms with Crippen LogP contribution in [0, 0.1) is 5.41 Å². The average molecular weight is 246 g/mol. The monoisotopic (exact) mass is 246 g/mol. The Balaban J connectivity index is 2.18. The lowest BCUT2D eigenvalue weighted by molar-refractivity contribution is 0.217. The Morgan fingerprint density at radius 1 is 1.17 bits per heavy atom. The lowest BCUT2D eigenvalue weighted by atomic mass is 9.73. The summed E-state index contributed by atoms with van der Waals surface area (Å²) < 4.78 is 0. The van der Waals surface area contributed by atoms with Crippen LogP contribution in [0.25, 0.3) is 0 Å². The summed E-state index contributed by atoms with van der Waals surface area (Å²) in [5.41, 5.74) is 2.94. The van der Waals surface area contributed by atoms with Gasteiger partial charge in [-0.25, -0.2) is 0 Å². The number of hydrogen-bond acceptors (Lipinski definition) is 2. The normalized spacial score (nSPS) is 22.6. The minimum Gasteiger partial charge on any atom is -0.380 e. The predicted molar refractivity (Wildman–Crippen MR) is 80.4 cm³/mol. The van der Waals surface area contributed by atoms with E-state index < -0.39 is 0 Å². The molecule has 1 fully saturated rings. The maximum Gasteiger partial charge on any atom is 0.0596 e. The van der Waals surface area contributed by atoms with Crippen LogP contribution in [0.4, 0.5) is 11.4 Å². The molecule has 1 aliphatic rings. The summed E-state index contributed by atoms with van der Waals surface area (Å²) in [7, 11) is 4.21. The zero-order valence-corrected chi connectivity index (χ0v) is 12.2. The molecule has 0 aromatic heterocycles. The van der Waals surface area contributed by atoms with Crippen LogP contribution in [-0.2, 0) is 0 Å². The molecule has 0 bridgehead atoms. The molecular weight excluding hydrogens is 220 g/mol. The van der Waals surface area contributed by atoms with E-state index in [-0.39, 0.29) is 0 Å². The van der Waals surface area contributed by atoms with E-state index in [0.717, 1.165) is 0 Å². The van der Waals surface area contributed by atoms with Gasteiger partial charge in [0.2, 0.25) is 0 Å². The van der Waals surface area contributed by atoms with Crippen molar-refractivity contribution >= 4 is 11.4 Å². The predicted octanol–water partition coefficient (Wildman–Crippen LogP) is 4.13. The van der Waals surface area contributed by atoms with E-state index in [1.54, 1.807) is 0 Å². The molecule has 0 aliphatic heterocycles. The first-order valence-electron chi connectivity index (χ1n) is 7.03. The molecule has 1 atom stereocenters. The van der Waals surface area contributed by atoms with E-state index >= 15 is 0 Å². The number of nitrogens with one attached hydrogen (secondary N) is 1. The highest BCUT2D eigenvalue weighted by molar-refractivity contribution is 5.69.